The Morgan fingerprint density at radius 3 is 2.39 bits per heavy atom. The molecule has 0 atom stereocenters. The van der Waals surface area contributed by atoms with Crippen molar-refractivity contribution in [3.05, 3.63) is 47.8 Å². The maximum atomic E-state index is 13.4. The third-order valence-corrected chi connectivity index (χ3v) is 5.88. The molecule has 1 amide bonds. The minimum Gasteiger partial charge on any atom is -0.336 e. The van der Waals surface area contributed by atoms with Crippen molar-refractivity contribution in [1.82, 2.24) is 34.9 Å². The van der Waals surface area contributed by atoms with Gasteiger partial charge < -0.3 is 9.80 Å². The van der Waals surface area contributed by atoms with Crippen LogP contribution in [0.15, 0.2) is 36.4 Å². The number of carbonyl (C=O) groups is 1. The van der Waals surface area contributed by atoms with Crippen molar-refractivity contribution in [2.24, 2.45) is 0 Å². The van der Waals surface area contributed by atoms with Crippen LogP contribution in [-0.4, -0.2) is 67.0 Å². The monoisotopic (exact) mass is 420 g/mol. The van der Waals surface area contributed by atoms with Gasteiger partial charge in [0.2, 0.25) is 5.95 Å². The third-order valence-electron chi connectivity index (χ3n) is 5.88. The van der Waals surface area contributed by atoms with Gasteiger partial charge in [0.05, 0.1) is 16.9 Å². The van der Waals surface area contributed by atoms with Crippen molar-refractivity contribution < 1.29 is 4.79 Å². The lowest BCUT2D eigenvalue weighted by atomic mass is 10.1. The number of para-hydroxylation sites is 1. The molecule has 1 aliphatic heterocycles. The minimum absolute atomic E-state index is 0.0524. The van der Waals surface area contributed by atoms with E-state index in [1.165, 1.54) is 12.8 Å². The van der Waals surface area contributed by atoms with Crippen LogP contribution >= 0.6 is 0 Å². The van der Waals surface area contributed by atoms with E-state index < -0.39 is 0 Å². The van der Waals surface area contributed by atoms with E-state index in [2.05, 4.69) is 41.2 Å². The Labute approximate surface area is 181 Å². The molecule has 0 N–H and O–H groups in total. The second kappa shape index (κ2) is 7.47. The quantitative estimate of drug-likeness (QED) is 0.645. The lowest BCUT2D eigenvalue weighted by Gasteiger charge is -2.35. The third kappa shape index (κ3) is 3.80. The zero-order valence-corrected chi connectivity index (χ0v) is 18.3. The first kappa shape index (κ1) is 19.7. The number of amides is 1. The summed E-state index contributed by atoms with van der Waals surface area (Å²) in [7, 11) is 0. The van der Waals surface area contributed by atoms with E-state index in [1.807, 2.05) is 46.0 Å². The highest BCUT2D eigenvalue weighted by molar-refractivity contribution is 5.93. The molecule has 2 aromatic heterocycles. The molecule has 2 fully saturated rings. The van der Waals surface area contributed by atoms with Gasteiger partial charge >= 0.3 is 0 Å². The topological polar surface area (TPSA) is 85.0 Å². The fourth-order valence-corrected chi connectivity index (χ4v) is 4.03. The van der Waals surface area contributed by atoms with Gasteiger partial charge in [0.15, 0.2) is 0 Å². The van der Waals surface area contributed by atoms with E-state index in [0.29, 0.717) is 43.7 Å². The van der Waals surface area contributed by atoms with Gasteiger partial charge in [-0.15, -0.1) is 0 Å². The Balaban J connectivity index is 1.32. The fourth-order valence-electron chi connectivity index (χ4n) is 4.03. The van der Waals surface area contributed by atoms with Crippen LogP contribution in [0.4, 0.5) is 5.95 Å². The molecule has 1 aromatic carbocycles. The van der Waals surface area contributed by atoms with Gasteiger partial charge in [-0.25, -0.2) is 0 Å². The lowest BCUT2D eigenvalue weighted by molar-refractivity contribution is 0.0725. The van der Waals surface area contributed by atoms with Crippen LogP contribution in [0, 0.1) is 0 Å². The molecule has 0 radical (unpaired) electrons. The molecular formula is C22H28N8O. The predicted molar refractivity (Wildman–Crippen MR) is 116 cm³/mol. The molecule has 3 aromatic rings. The Kier molecular flexibility index (Phi) is 4.75. The molecule has 3 heterocycles. The summed E-state index contributed by atoms with van der Waals surface area (Å²) in [6.07, 6.45) is 2.34. The molecule has 9 nitrogen and oxygen atoms in total. The molecule has 1 saturated carbocycles. The van der Waals surface area contributed by atoms with Crippen molar-refractivity contribution in [2.75, 3.05) is 31.1 Å². The maximum absolute atomic E-state index is 13.4. The first-order chi connectivity index (χ1) is 14.9. The minimum atomic E-state index is -0.238. The summed E-state index contributed by atoms with van der Waals surface area (Å²) < 4.78 is 3.65. The molecule has 0 bridgehead atoms. The van der Waals surface area contributed by atoms with Gasteiger partial charge in [0, 0.05) is 32.1 Å². The Morgan fingerprint density at radius 2 is 1.74 bits per heavy atom. The van der Waals surface area contributed by atoms with E-state index >= 15 is 0 Å². The molecule has 9 heteroatoms. The Hall–Kier alpha value is -3.23. The number of rotatable bonds is 4. The van der Waals surface area contributed by atoms with Crippen molar-refractivity contribution in [1.29, 1.82) is 0 Å². The average Bonchev–Trinajstić information content (AvgIpc) is 3.32. The Bertz CT molecular complexity index is 1070. The fraction of sp³-hybridized carbons (Fsp3) is 0.500. The number of hydrogen-bond donors (Lipinski definition) is 0. The van der Waals surface area contributed by atoms with Crippen molar-refractivity contribution >= 4 is 11.9 Å². The molecule has 5 rings (SSSR count). The van der Waals surface area contributed by atoms with E-state index in [0.717, 1.165) is 11.4 Å². The molecule has 1 aliphatic carbocycles. The number of benzene rings is 1. The standard InChI is InChI=1S/C22H28N8O/c1-22(2,3)30-19(15-18(24-30)16-9-10-16)20(31)27-11-13-28(14-12-27)21-23-25-26-29(21)17-7-5-4-6-8-17/h4-8,15-16H,9-14H2,1-3H3. The van der Waals surface area contributed by atoms with Gasteiger partial charge in [0.1, 0.15) is 5.69 Å². The number of anilines is 1. The molecule has 162 valence electrons. The Morgan fingerprint density at radius 1 is 1.03 bits per heavy atom. The van der Waals surface area contributed by atoms with Crippen LogP contribution in [0.25, 0.3) is 5.69 Å². The molecular weight excluding hydrogens is 392 g/mol. The van der Waals surface area contributed by atoms with Gasteiger partial charge in [-0.1, -0.05) is 23.3 Å². The highest BCUT2D eigenvalue weighted by Crippen LogP contribution is 2.40. The second-order valence-corrected chi connectivity index (χ2v) is 9.32. The van der Waals surface area contributed by atoms with Crippen molar-refractivity contribution in [3.63, 3.8) is 0 Å². The van der Waals surface area contributed by atoms with Crippen molar-refractivity contribution in [2.45, 2.75) is 45.1 Å². The van der Waals surface area contributed by atoms with Gasteiger partial charge in [-0.3, -0.25) is 9.48 Å². The summed E-state index contributed by atoms with van der Waals surface area (Å²) in [4.78, 5) is 17.5. The van der Waals surface area contributed by atoms with Crippen LogP contribution in [0.3, 0.4) is 0 Å². The normalized spacial score (nSPS) is 17.3. The van der Waals surface area contributed by atoms with Crippen LogP contribution in [-0.2, 0) is 5.54 Å². The van der Waals surface area contributed by atoms with Gasteiger partial charge in [0.25, 0.3) is 5.91 Å². The summed E-state index contributed by atoms with van der Waals surface area (Å²) >= 11 is 0. The molecule has 31 heavy (non-hydrogen) atoms. The van der Waals surface area contributed by atoms with Crippen molar-refractivity contribution in [3.8, 4) is 5.69 Å². The van der Waals surface area contributed by atoms with E-state index in [1.54, 1.807) is 4.68 Å². The number of carbonyl (C=O) groups excluding carboxylic acids is 1. The smallest absolute Gasteiger partial charge is 0.272 e. The van der Waals surface area contributed by atoms with E-state index in [9.17, 15) is 4.79 Å². The van der Waals surface area contributed by atoms with Crippen LogP contribution in [0.2, 0.25) is 0 Å². The molecule has 0 unspecified atom stereocenters. The number of hydrogen-bond acceptors (Lipinski definition) is 6. The number of nitrogens with zero attached hydrogens (tertiary/aromatic N) is 8. The highest BCUT2D eigenvalue weighted by atomic mass is 16.2. The molecule has 2 aliphatic rings. The summed E-state index contributed by atoms with van der Waals surface area (Å²) in [5.74, 6) is 1.27. The van der Waals surface area contributed by atoms with E-state index in [-0.39, 0.29) is 11.4 Å². The van der Waals surface area contributed by atoms with Crippen LogP contribution in [0.5, 0.6) is 0 Å². The summed E-state index contributed by atoms with van der Waals surface area (Å²) in [6.45, 7) is 8.87. The number of piperazine rings is 1. The van der Waals surface area contributed by atoms with Crippen LogP contribution < -0.4 is 4.90 Å². The summed E-state index contributed by atoms with van der Waals surface area (Å²) in [6, 6.07) is 11.9. The van der Waals surface area contributed by atoms with E-state index in [4.69, 9.17) is 5.10 Å². The number of tetrazole rings is 1. The van der Waals surface area contributed by atoms with Gasteiger partial charge in [-0.05, 0) is 62.2 Å². The SMILES string of the molecule is CC(C)(C)n1nc(C2CC2)cc1C(=O)N1CCN(c2nnnn2-c2ccccc2)CC1. The first-order valence-corrected chi connectivity index (χ1v) is 10.9. The zero-order valence-electron chi connectivity index (χ0n) is 18.3. The molecule has 0 spiro atoms. The lowest BCUT2D eigenvalue weighted by Crippen LogP contribution is -2.50. The predicted octanol–water partition coefficient (Wildman–Crippen LogP) is 2.45. The summed E-state index contributed by atoms with van der Waals surface area (Å²) in [5, 5.41) is 17.0. The second-order valence-electron chi connectivity index (χ2n) is 9.32. The highest BCUT2D eigenvalue weighted by Gasteiger charge is 2.34. The largest absolute Gasteiger partial charge is 0.336 e. The number of aromatic nitrogens is 6. The van der Waals surface area contributed by atoms with Crippen LogP contribution in [0.1, 0.15) is 55.7 Å². The maximum Gasteiger partial charge on any atom is 0.272 e. The zero-order chi connectivity index (χ0) is 21.6. The van der Waals surface area contributed by atoms with Gasteiger partial charge in [-0.2, -0.15) is 9.78 Å². The molecule has 1 saturated heterocycles. The average molecular weight is 421 g/mol. The first-order valence-electron chi connectivity index (χ1n) is 10.9. The summed E-state index contributed by atoms with van der Waals surface area (Å²) in [5.41, 5.74) is 2.43.